The topological polar surface area (TPSA) is 35.5 Å². The summed E-state index contributed by atoms with van der Waals surface area (Å²) in [5, 5.41) is 0. The number of methoxy groups -OCH3 is 2. The van der Waals surface area contributed by atoms with E-state index in [1.165, 1.54) is 19.2 Å². The highest BCUT2D eigenvalue weighted by Gasteiger charge is 2.39. The second kappa shape index (κ2) is 5.06. The van der Waals surface area contributed by atoms with E-state index in [4.69, 9.17) is 9.47 Å². The third-order valence-corrected chi connectivity index (χ3v) is 3.66. The molecule has 0 heterocycles. The predicted octanol–water partition coefficient (Wildman–Crippen LogP) is 2.98. The summed E-state index contributed by atoms with van der Waals surface area (Å²) < 4.78 is 24.0. The zero-order valence-electron chi connectivity index (χ0n) is 10.7. The summed E-state index contributed by atoms with van der Waals surface area (Å²) in [5.41, 5.74) is -0.261. The molecule has 1 saturated carbocycles. The largest absolute Gasteiger partial charge is 0.497 e. The summed E-state index contributed by atoms with van der Waals surface area (Å²) in [5.74, 6) is -0.337. The lowest BCUT2D eigenvalue weighted by Gasteiger charge is -2.40. The SMILES string of the molecule is COc1ccc(C(=O)CC2(OC)CCC2)c(F)c1. The number of Topliss-reactive ketones (excluding diaryl/α,β-unsaturated/α-hetero) is 1. The van der Waals surface area contributed by atoms with Gasteiger partial charge in [-0.15, -0.1) is 0 Å². The Morgan fingerprint density at radius 3 is 2.56 bits per heavy atom. The fourth-order valence-corrected chi connectivity index (χ4v) is 2.26. The molecule has 0 spiro atoms. The quantitative estimate of drug-likeness (QED) is 0.756. The van der Waals surface area contributed by atoms with Crippen LogP contribution < -0.4 is 4.74 Å². The van der Waals surface area contributed by atoms with Crippen molar-refractivity contribution in [2.75, 3.05) is 14.2 Å². The molecule has 0 aromatic heterocycles. The first kappa shape index (κ1) is 13.0. The van der Waals surface area contributed by atoms with Crippen molar-refractivity contribution in [3.8, 4) is 5.75 Å². The normalized spacial score (nSPS) is 17.1. The van der Waals surface area contributed by atoms with Gasteiger partial charge >= 0.3 is 0 Å². The van der Waals surface area contributed by atoms with E-state index in [1.54, 1.807) is 13.2 Å². The van der Waals surface area contributed by atoms with Crippen molar-refractivity contribution in [2.24, 2.45) is 0 Å². The van der Waals surface area contributed by atoms with E-state index in [1.807, 2.05) is 0 Å². The molecule has 0 atom stereocenters. The van der Waals surface area contributed by atoms with Crippen LogP contribution in [0.2, 0.25) is 0 Å². The lowest BCUT2D eigenvalue weighted by Crippen LogP contribution is -2.41. The van der Waals surface area contributed by atoms with Gasteiger partial charge in [-0.1, -0.05) is 0 Å². The molecular formula is C14H17FO3. The summed E-state index contributed by atoms with van der Waals surface area (Å²) in [7, 11) is 3.07. The number of hydrogen-bond donors (Lipinski definition) is 0. The van der Waals surface area contributed by atoms with Gasteiger partial charge in [-0.2, -0.15) is 0 Å². The molecule has 4 heteroatoms. The van der Waals surface area contributed by atoms with Gasteiger partial charge in [0.2, 0.25) is 0 Å². The fourth-order valence-electron chi connectivity index (χ4n) is 2.26. The molecule has 0 bridgehead atoms. The molecule has 0 aliphatic heterocycles. The minimum absolute atomic E-state index is 0.110. The zero-order valence-corrected chi connectivity index (χ0v) is 10.7. The fraction of sp³-hybridized carbons (Fsp3) is 0.500. The van der Waals surface area contributed by atoms with Crippen molar-refractivity contribution in [1.82, 2.24) is 0 Å². The molecule has 0 amide bonds. The number of hydrogen-bond acceptors (Lipinski definition) is 3. The van der Waals surface area contributed by atoms with Gasteiger partial charge in [0.25, 0.3) is 0 Å². The van der Waals surface area contributed by atoms with Crippen molar-refractivity contribution in [2.45, 2.75) is 31.3 Å². The van der Waals surface area contributed by atoms with Gasteiger partial charge in [-0.25, -0.2) is 4.39 Å². The van der Waals surface area contributed by atoms with Crippen LogP contribution in [-0.2, 0) is 4.74 Å². The van der Waals surface area contributed by atoms with E-state index in [2.05, 4.69) is 0 Å². The highest BCUT2D eigenvalue weighted by Crippen LogP contribution is 2.39. The molecule has 3 nitrogen and oxygen atoms in total. The Morgan fingerprint density at radius 1 is 1.39 bits per heavy atom. The monoisotopic (exact) mass is 252 g/mol. The number of ketones is 1. The van der Waals surface area contributed by atoms with Crippen LogP contribution in [0.25, 0.3) is 0 Å². The molecule has 0 saturated heterocycles. The van der Waals surface area contributed by atoms with Gasteiger partial charge < -0.3 is 9.47 Å². The van der Waals surface area contributed by atoms with Gasteiger partial charge in [-0.05, 0) is 31.4 Å². The van der Waals surface area contributed by atoms with Crippen molar-refractivity contribution in [3.63, 3.8) is 0 Å². The Balaban J connectivity index is 2.14. The van der Waals surface area contributed by atoms with Gasteiger partial charge in [-0.3, -0.25) is 4.79 Å². The Bertz CT molecular complexity index is 447. The summed E-state index contributed by atoms with van der Waals surface area (Å²) in [6.45, 7) is 0. The van der Waals surface area contributed by atoms with E-state index in [0.717, 1.165) is 19.3 Å². The van der Waals surface area contributed by atoms with Crippen LogP contribution in [0, 0.1) is 5.82 Å². The van der Waals surface area contributed by atoms with Crippen molar-refractivity contribution < 1.29 is 18.7 Å². The van der Waals surface area contributed by atoms with Gasteiger partial charge in [0.05, 0.1) is 18.3 Å². The molecule has 1 aliphatic carbocycles. The van der Waals surface area contributed by atoms with E-state index in [9.17, 15) is 9.18 Å². The molecule has 1 aromatic rings. The van der Waals surface area contributed by atoms with E-state index in [-0.39, 0.29) is 23.4 Å². The lowest BCUT2D eigenvalue weighted by atomic mass is 9.76. The number of benzene rings is 1. The molecule has 1 fully saturated rings. The second-order valence-corrected chi connectivity index (χ2v) is 4.69. The van der Waals surface area contributed by atoms with Crippen LogP contribution in [0.15, 0.2) is 18.2 Å². The Morgan fingerprint density at radius 2 is 2.11 bits per heavy atom. The standard InChI is InChI=1S/C14H17FO3/c1-17-10-4-5-11(12(15)8-10)13(16)9-14(18-2)6-3-7-14/h4-5,8H,3,6-7,9H2,1-2H3. The van der Waals surface area contributed by atoms with E-state index >= 15 is 0 Å². The van der Waals surface area contributed by atoms with E-state index in [0.29, 0.717) is 5.75 Å². The molecular weight excluding hydrogens is 235 g/mol. The first-order valence-electron chi connectivity index (χ1n) is 6.02. The molecule has 0 N–H and O–H groups in total. The number of halogens is 1. The minimum Gasteiger partial charge on any atom is -0.497 e. The summed E-state index contributed by atoms with van der Waals surface area (Å²) in [6.07, 6.45) is 3.04. The summed E-state index contributed by atoms with van der Waals surface area (Å²) in [4.78, 5) is 12.1. The second-order valence-electron chi connectivity index (χ2n) is 4.69. The van der Waals surface area contributed by atoms with Crippen LogP contribution in [-0.4, -0.2) is 25.6 Å². The average Bonchev–Trinajstić information content (AvgIpc) is 2.33. The third-order valence-electron chi connectivity index (χ3n) is 3.66. The van der Waals surface area contributed by atoms with Gasteiger partial charge in [0.1, 0.15) is 11.6 Å². The summed E-state index contributed by atoms with van der Waals surface area (Å²) >= 11 is 0. The Hall–Kier alpha value is -1.42. The van der Waals surface area contributed by atoms with Crippen molar-refractivity contribution >= 4 is 5.78 Å². The number of ether oxygens (including phenoxy) is 2. The Labute approximate surface area is 106 Å². The van der Waals surface area contributed by atoms with Gasteiger partial charge in [0, 0.05) is 19.6 Å². The first-order chi connectivity index (χ1) is 8.60. The number of carbonyl (C=O) groups is 1. The van der Waals surface area contributed by atoms with Crippen LogP contribution in [0.3, 0.4) is 0 Å². The maximum atomic E-state index is 13.7. The van der Waals surface area contributed by atoms with Crippen LogP contribution in [0.4, 0.5) is 4.39 Å². The first-order valence-corrected chi connectivity index (χ1v) is 6.02. The smallest absolute Gasteiger partial charge is 0.168 e. The molecule has 1 aromatic carbocycles. The maximum absolute atomic E-state index is 13.7. The number of carbonyl (C=O) groups excluding carboxylic acids is 1. The molecule has 0 unspecified atom stereocenters. The molecule has 18 heavy (non-hydrogen) atoms. The third kappa shape index (κ3) is 2.38. The predicted molar refractivity (Wildman–Crippen MR) is 65.5 cm³/mol. The molecule has 1 aliphatic rings. The van der Waals surface area contributed by atoms with Crippen LogP contribution in [0.5, 0.6) is 5.75 Å². The van der Waals surface area contributed by atoms with E-state index < -0.39 is 5.82 Å². The zero-order chi connectivity index (χ0) is 13.2. The number of rotatable bonds is 5. The molecule has 98 valence electrons. The lowest BCUT2D eigenvalue weighted by molar-refractivity contribution is -0.0705. The highest BCUT2D eigenvalue weighted by atomic mass is 19.1. The molecule has 2 rings (SSSR count). The minimum atomic E-state index is -0.537. The van der Waals surface area contributed by atoms with Crippen molar-refractivity contribution in [1.29, 1.82) is 0 Å². The summed E-state index contributed by atoms with van der Waals surface area (Å²) in [6, 6.07) is 4.29. The Kier molecular flexibility index (Phi) is 3.66. The van der Waals surface area contributed by atoms with Crippen LogP contribution in [0.1, 0.15) is 36.0 Å². The average molecular weight is 252 g/mol. The van der Waals surface area contributed by atoms with Crippen LogP contribution >= 0.6 is 0 Å². The highest BCUT2D eigenvalue weighted by molar-refractivity contribution is 5.97. The molecule has 0 radical (unpaired) electrons. The maximum Gasteiger partial charge on any atom is 0.168 e. The van der Waals surface area contributed by atoms with Crippen molar-refractivity contribution in [3.05, 3.63) is 29.6 Å². The van der Waals surface area contributed by atoms with Gasteiger partial charge in [0.15, 0.2) is 5.78 Å².